The number of aryl methyl sites for hydroxylation is 1. The smallest absolute Gasteiger partial charge is 0.166 e. The highest BCUT2D eigenvalue weighted by molar-refractivity contribution is 5.94. The van der Waals surface area contributed by atoms with E-state index in [2.05, 4.69) is 41.0 Å². The van der Waals surface area contributed by atoms with Gasteiger partial charge in [0.05, 0.1) is 0 Å². The van der Waals surface area contributed by atoms with E-state index in [4.69, 9.17) is 0 Å². The van der Waals surface area contributed by atoms with E-state index < -0.39 is 0 Å². The first-order valence-corrected chi connectivity index (χ1v) is 13.7. The van der Waals surface area contributed by atoms with E-state index in [1.54, 1.807) is 6.20 Å². The lowest BCUT2D eigenvalue weighted by atomic mass is 10.1. The highest BCUT2D eigenvalue weighted by Crippen LogP contribution is 2.21. The Morgan fingerprint density at radius 1 is 1.03 bits per heavy atom. The van der Waals surface area contributed by atoms with Crippen molar-refractivity contribution in [2.75, 3.05) is 5.32 Å². The molecule has 0 spiro atoms. The van der Waals surface area contributed by atoms with Crippen LogP contribution in [0.3, 0.4) is 0 Å². The Morgan fingerprint density at radius 3 is 2.16 bits per heavy atom. The molecule has 0 radical (unpaired) electrons. The summed E-state index contributed by atoms with van der Waals surface area (Å²) in [7, 11) is 0. The number of anilines is 2. The second-order valence-electron chi connectivity index (χ2n) is 8.41. The first-order valence-electron chi connectivity index (χ1n) is 13.7. The number of aromatic nitrogens is 1. The van der Waals surface area contributed by atoms with Gasteiger partial charge >= 0.3 is 0 Å². The lowest BCUT2D eigenvalue weighted by Crippen LogP contribution is -2.27. The van der Waals surface area contributed by atoms with Gasteiger partial charge in [-0.05, 0) is 80.7 Å². The third-order valence-corrected chi connectivity index (χ3v) is 5.23. The Labute approximate surface area is 225 Å². The second-order valence-corrected chi connectivity index (χ2v) is 8.41. The fourth-order valence-electron chi connectivity index (χ4n) is 3.41. The third kappa shape index (κ3) is 13.6. The highest BCUT2D eigenvalue weighted by Gasteiger charge is 2.06. The minimum absolute atomic E-state index is 0.222. The summed E-state index contributed by atoms with van der Waals surface area (Å²) in [6.07, 6.45) is 12.1. The van der Waals surface area contributed by atoms with Crippen molar-refractivity contribution in [3.05, 3.63) is 84.1 Å². The third-order valence-electron chi connectivity index (χ3n) is 5.23. The maximum atomic E-state index is 14.0. The van der Waals surface area contributed by atoms with Crippen LogP contribution >= 0.6 is 0 Å². The molecule has 1 heterocycles. The van der Waals surface area contributed by atoms with Gasteiger partial charge < -0.3 is 10.6 Å². The van der Waals surface area contributed by atoms with E-state index in [0.717, 1.165) is 59.5 Å². The first kappa shape index (κ1) is 33.8. The summed E-state index contributed by atoms with van der Waals surface area (Å²) < 4.78 is 14.0. The average molecular weight is 509 g/mol. The number of rotatable bonds is 12. The predicted octanol–water partition coefficient (Wildman–Crippen LogP) is 9.78. The molecule has 0 unspecified atom stereocenters. The molecule has 0 saturated carbocycles. The molecule has 2 rings (SSSR count). The lowest BCUT2D eigenvalue weighted by Gasteiger charge is -2.18. The molecule has 0 aliphatic heterocycles. The van der Waals surface area contributed by atoms with Crippen molar-refractivity contribution in [2.24, 2.45) is 4.99 Å². The molecule has 0 aliphatic carbocycles. The van der Waals surface area contributed by atoms with Gasteiger partial charge in [0.2, 0.25) is 0 Å². The van der Waals surface area contributed by atoms with Gasteiger partial charge in [-0.2, -0.15) is 0 Å². The van der Waals surface area contributed by atoms with Crippen LogP contribution in [0.25, 0.3) is 5.57 Å². The average Bonchev–Trinajstić information content (AvgIpc) is 2.90. The first-order chi connectivity index (χ1) is 17.8. The largest absolute Gasteiger partial charge is 0.383 e. The van der Waals surface area contributed by atoms with Crippen LogP contribution in [0, 0.1) is 12.7 Å². The van der Waals surface area contributed by atoms with Crippen molar-refractivity contribution < 1.29 is 4.39 Å². The van der Waals surface area contributed by atoms with E-state index in [-0.39, 0.29) is 11.6 Å². The Morgan fingerprint density at radius 2 is 1.62 bits per heavy atom. The molecule has 0 fully saturated rings. The van der Waals surface area contributed by atoms with E-state index in [0.29, 0.717) is 6.04 Å². The molecular formula is C32H49FN4. The number of allylic oxidation sites excluding steroid dienone is 3. The summed E-state index contributed by atoms with van der Waals surface area (Å²) in [5.41, 5.74) is 5.47. The van der Waals surface area contributed by atoms with Crippen molar-refractivity contribution in [1.82, 2.24) is 10.3 Å². The summed E-state index contributed by atoms with van der Waals surface area (Å²) in [6.45, 7) is 22.3. The predicted molar refractivity (Wildman–Crippen MR) is 163 cm³/mol. The molecule has 2 aromatic rings. The SMILES string of the molecule is C=C(\C=C/C(C)=N\C=C(/C)c1ccc(Nc2ncc(C)cc2F)cc1)NC(CCC)CCC.CC.CC. The Kier molecular flexibility index (Phi) is 18.2. The molecule has 204 valence electrons. The van der Waals surface area contributed by atoms with Gasteiger partial charge in [0, 0.05) is 35.5 Å². The number of benzene rings is 1. The number of hydrogen-bond donors (Lipinski definition) is 2. The number of nitrogens with zero attached hydrogens (tertiary/aromatic N) is 2. The van der Waals surface area contributed by atoms with Crippen LogP contribution in [-0.4, -0.2) is 16.7 Å². The van der Waals surface area contributed by atoms with E-state index in [1.807, 2.05) is 91.1 Å². The van der Waals surface area contributed by atoms with Crippen molar-refractivity contribution >= 4 is 22.8 Å². The number of halogens is 1. The molecule has 37 heavy (non-hydrogen) atoms. The van der Waals surface area contributed by atoms with Crippen LogP contribution in [-0.2, 0) is 0 Å². The van der Waals surface area contributed by atoms with Crippen molar-refractivity contribution in [3.63, 3.8) is 0 Å². The van der Waals surface area contributed by atoms with E-state index in [9.17, 15) is 4.39 Å². The van der Waals surface area contributed by atoms with Crippen LogP contribution in [0.2, 0.25) is 0 Å². The Balaban J connectivity index is 0.00000308. The number of aliphatic imine (C=N–C) groups is 1. The van der Waals surface area contributed by atoms with Gasteiger partial charge in [0.15, 0.2) is 11.6 Å². The molecule has 4 nitrogen and oxygen atoms in total. The molecular weight excluding hydrogens is 459 g/mol. The molecule has 0 aliphatic rings. The van der Waals surface area contributed by atoms with Gasteiger partial charge in [-0.3, -0.25) is 4.99 Å². The minimum Gasteiger partial charge on any atom is -0.383 e. The van der Waals surface area contributed by atoms with Crippen LogP contribution in [0.5, 0.6) is 0 Å². The standard InChI is InChI=1S/C28H37FN4.2C2H6/c1-7-9-25(10-8-2)32-23(6)12-11-22(5)30-19-21(4)24-13-15-26(16-14-24)33-28-27(29)17-20(3)18-31-28;2*1-2/h11-19,25,32H,6-10H2,1-5H3,(H,31,33);2*1-2H3/b12-11-,21-19+,30-22-;;. The van der Waals surface area contributed by atoms with Crippen molar-refractivity contribution in [1.29, 1.82) is 0 Å². The highest BCUT2D eigenvalue weighted by atomic mass is 19.1. The van der Waals surface area contributed by atoms with Crippen molar-refractivity contribution in [3.8, 4) is 0 Å². The minimum atomic E-state index is -0.364. The van der Waals surface area contributed by atoms with Crippen molar-refractivity contribution in [2.45, 2.75) is 94.0 Å². The van der Waals surface area contributed by atoms with Gasteiger partial charge in [0.25, 0.3) is 0 Å². The maximum Gasteiger partial charge on any atom is 0.166 e. The molecule has 5 heteroatoms. The summed E-state index contributed by atoms with van der Waals surface area (Å²) >= 11 is 0. The molecule has 1 aromatic heterocycles. The zero-order valence-electron chi connectivity index (χ0n) is 24.6. The van der Waals surface area contributed by atoms with Gasteiger partial charge in [-0.1, -0.05) is 73.1 Å². The Bertz CT molecular complexity index is 998. The van der Waals surface area contributed by atoms with E-state index in [1.165, 1.54) is 6.07 Å². The fraction of sp³-hybridized carbons (Fsp3) is 0.438. The monoisotopic (exact) mass is 508 g/mol. The number of nitrogens with one attached hydrogen (secondary N) is 2. The fourth-order valence-corrected chi connectivity index (χ4v) is 3.41. The number of pyridine rings is 1. The zero-order chi connectivity index (χ0) is 28.2. The van der Waals surface area contributed by atoms with E-state index >= 15 is 0 Å². The summed E-state index contributed by atoms with van der Waals surface area (Å²) in [4.78, 5) is 8.67. The second kappa shape index (κ2) is 19.9. The lowest BCUT2D eigenvalue weighted by molar-refractivity contribution is 0.487. The van der Waals surface area contributed by atoms with Crippen LogP contribution in [0.4, 0.5) is 15.9 Å². The quantitative estimate of drug-likeness (QED) is 0.221. The molecule has 0 saturated heterocycles. The molecule has 0 bridgehead atoms. The zero-order valence-corrected chi connectivity index (χ0v) is 24.6. The molecule has 2 N–H and O–H groups in total. The summed E-state index contributed by atoms with van der Waals surface area (Å²) in [5.74, 6) is -0.142. The molecule has 0 atom stereocenters. The van der Waals surface area contributed by atoms with Gasteiger partial charge in [-0.15, -0.1) is 0 Å². The van der Waals surface area contributed by atoms with Crippen LogP contribution < -0.4 is 10.6 Å². The van der Waals surface area contributed by atoms with Gasteiger partial charge in [-0.25, -0.2) is 9.37 Å². The van der Waals surface area contributed by atoms with Crippen LogP contribution in [0.1, 0.15) is 92.2 Å². The Hall–Kier alpha value is -3.21. The number of hydrogen-bond acceptors (Lipinski definition) is 4. The molecule has 0 amide bonds. The maximum absolute atomic E-state index is 14.0. The molecule has 1 aromatic carbocycles. The van der Waals surface area contributed by atoms with Gasteiger partial charge in [0.1, 0.15) is 0 Å². The summed E-state index contributed by atoms with van der Waals surface area (Å²) in [5, 5.41) is 6.52. The topological polar surface area (TPSA) is 49.3 Å². The summed E-state index contributed by atoms with van der Waals surface area (Å²) in [6, 6.07) is 9.71. The van der Waals surface area contributed by atoms with Crippen LogP contribution in [0.15, 0.2) is 72.1 Å². The normalized spacial score (nSPS) is 11.4.